The van der Waals surface area contributed by atoms with Crippen LogP contribution in [0.5, 0.6) is 0 Å². The number of nitrogens with zero attached hydrogens (tertiary/aromatic N) is 1. The highest BCUT2D eigenvalue weighted by Gasteiger charge is 2.30. The predicted molar refractivity (Wildman–Crippen MR) is 79.7 cm³/mol. The van der Waals surface area contributed by atoms with Crippen LogP contribution in [-0.4, -0.2) is 29.3 Å². The highest BCUT2D eigenvalue weighted by molar-refractivity contribution is 5.99. The van der Waals surface area contributed by atoms with Crippen molar-refractivity contribution < 1.29 is 4.79 Å². The number of hydrogen-bond donors (Lipinski definition) is 0. The molecule has 1 saturated heterocycles. The lowest BCUT2D eigenvalue weighted by Gasteiger charge is -2.27. The molecule has 1 fully saturated rings. The smallest absolute Gasteiger partial charge is 0.177 e. The van der Waals surface area contributed by atoms with Crippen LogP contribution in [0.25, 0.3) is 0 Å². The Hall–Kier alpha value is -1.15. The fourth-order valence-corrected chi connectivity index (χ4v) is 3.23. The third-order valence-electron chi connectivity index (χ3n) is 4.43. The Bertz CT molecular complexity index is 466. The Balaban J connectivity index is 2.12. The molecule has 0 spiro atoms. The van der Waals surface area contributed by atoms with Gasteiger partial charge in [0.25, 0.3) is 0 Å². The molecule has 2 heteroatoms. The first kappa shape index (κ1) is 14.3. The van der Waals surface area contributed by atoms with Crippen LogP contribution in [0.1, 0.15) is 54.6 Å². The molecule has 2 rings (SSSR count). The molecule has 2 nitrogen and oxygen atoms in total. The van der Waals surface area contributed by atoms with Crippen molar-refractivity contribution in [2.24, 2.45) is 0 Å². The zero-order valence-corrected chi connectivity index (χ0v) is 12.6. The SMILES string of the molecule is CCC1CCC(C)N1CC(=O)c1ccc(C)cc1C. The van der Waals surface area contributed by atoms with E-state index < -0.39 is 0 Å². The van der Waals surface area contributed by atoms with Crippen LogP contribution < -0.4 is 0 Å². The van der Waals surface area contributed by atoms with Crippen LogP contribution in [-0.2, 0) is 0 Å². The van der Waals surface area contributed by atoms with E-state index in [1.807, 2.05) is 19.1 Å². The molecule has 1 aromatic rings. The number of Topliss-reactive ketones (excluding diaryl/α,β-unsaturated/α-hetero) is 1. The van der Waals surface area contributed by atoms with Crippen molar-refractivity contribution in [3.8, 4) is 0 Å². The zero-order chi connectivity index (χ0) is 14.0. The molecule has 0 amide bonds. The molecule has 2 unspecified atom stereocenters. The molecule has 0 bridgehead atoms. The topological polar surface area (TPSA) is 20.3 Å². The molecule has 0 N–H and O–H groups in total. The van der Waals surface area contributed by atoms with E-state index in [-0.39, 0.29) is 5.78 Å². The lowest BCUT2D eigenvalue weighted by atomic mass is 10.0. The average Bonchev–Trinajstić information content (AvgIpc) is 2.70. The van der Waals surface area contributed by atoms with Gasteiger partial charge in [-0.05, 0) is 45.6 Å². The van der Waals surface area contributed by atoms with Crippen LogP contribution in [0.15, 0.2) is 18.2 Å². The number of carbonyl (C=O) groups is 1. The summed E-state index contributed by atoms with van der Waals surface area (Å²) >= 11 is 0. The van der Waals surface area contributed by atoms with Crippen LogP contribution in [0.3, 0.4) is 0 Å². The van der Waals surface area contributed by atoms with Gasteiger partial charge in [0, 0.05) is 17.6 Å². The van der Waals surface area contributed by atoms with E-state index in [0.29, 0.717) is 18.6 Å². The lowest BCUT2D eigenvalue weighted by molar-refractivity contribution is 0.0888. The maximum Gasteiger partial charge on any atom is 0.177 e. The molecule has 0 aliphatic carbocycles. The van der Waals surface area contributed by atoms with Crippen molar-refractivity contribution in [1.29, 1.82) is 0 Å². The molecular weight excluding hydrogens is 234 g/mol. The number of aryl methyl sites for hydroxylation is 2. The first-order valence-corrected chi connectivity index (χ1v) is 7.39. The summed E-state index contributed by atoms with van der Waals surface area (Å²) in [4.78, 5) is 14.9. The Morgan fingerprint density at radius 3 is 2.68 bits per heavy atom. The minimum Gasteiger partial charge on any atom is -0.293 e. The Labute approximate surface area is 116 Å². The second kappa shape index (κ2) is 5.87. The van der Waals surface area contributed by atoms with Gasteiger partial charge in [-0.1, -0.05) is 30.7 Å². The average molecular weight is 259 g/mol. The molecule has 1 aliphatic rings. The summed E-state index contributed by atoms with van der Waals surface area (Å²) < 4.78 is 0. The van der Waals surface area contributed by atoms with Gasteiger partial charge < -0.3 is 0 Å². The maximum absolute atomic E-state index is 12.5. The van der Waals surface area contributed by atoms with E-state index >= 15 is 0 Å². The minimum absolute atomic E-state index is 0.268. The van der Waals surface area contributed by atoms with E-state index in [0.717, 1.165) is 17.5 Å². The number of carbonyl (C=O) groups excluding carboxylic acids is 1. The number of hydrogen-bond acceptors (Lipinski definition) is 2. The number of benzene rings is 1. The first-order valence-electron chi connectivity index (χ1n) is 7.39. The van der Waals surface area contributed by atoms with Gasteiger partial charge in [0.05, 0.1) is 6.54 Å². The number of likely N-dealkylation sites (tertiary alicyclic amines) is 1. The molecule has 19 heavy (non-hydrogen) atoms. The van der Waals surface area contributed by atoms with Crippen LogP contribution in [0.4, 0.5) is 0 Å². The normalized spacial score (nSPS) is 23.8. The van der Waals surface area contributed by atoms with Crippen molar-refractivity contribution in [3.05, 3.63) is 34.9 Å². The summed E-state index contributed by atoms with van der Waals surface area (Å²) in [5.74, 6) is 0.268. The maximum atomic E-state index is 12.5. The van der Waals surface area contributed by atoms with E-state index in [1.165, 1.54) is 18.4 Å². The molecule has 1 aliphatic heterocycles. The molecule has 0 aromatic heterocycles. The van der Waals surface area contributed by atoms with E-state index in [2.05, 4.69) is 31.7 Å². The zero-order valence-electron chi connectivity index (χ0n) is 12.6. The third-order valence-corrected chi connectivity index (χ3v) is 4.43. The van der Waals surface area contributed by atoms with Gasteiger partial charge in [-0.2, -0.15) is 0 Å². The molecular formula is C17H25NO. The van der Waals surface area contributed by atoms with Crippen LogP contribution in [0.2, 0.25) is 0 Å². The van der Waals surface area contributed by atoms with Crippen molar-refractivity contribution in [3.63, 3.8) is 0 Å². The fraction of sp³-hybridized carbons (Fsp3) is 0.588. The van der Waals surface area contributed by atoms with Gasteiger partial charge in [-0.3, -0.25) is 9.69 Å². The summed E-state index contributed by atoms with van der Waals surface area (Å²) in [6, 6.07) is 7.24. The summed E-state index contributed by atoms with van der Waals surface area (Å²) in [7, 11) is 0. The van der Waals surface area contributed by atoms with Gasteiger partial charge in [0.1, 0.15) is 0 Å². The van der Waals surface area contributed by atoms with E-state index in [4.69, 9.17) is 0 Å². The van der Waals surface area contributed by atoms with Gasteiger partial charge in [0.15, 0.2) is 5.78 Å². The van der Waals surface area contributed by atoms with Crippen molar-refractivity contribution in [2.75, 3.05) is 6.54 Å². The standard InChI is InChI=1S/C17H25NO/c1-5-15-8-7-14(4)18(15)11-17(19)16-9-6-12(2)10-13(16)3/h6,9-10,14-15H,5,7-8,11H2,1-4H3. The predicted octanol–water partition coefficient (Wildman–Crippen LogP) is 3.75. The molecule has 1 heterocycles. The van der Waals surface area contributed by atoms with Crippen LogP contribution in [0, 0.1) is 13.8 Å². The minimum atomic E-state index is 0.268. The molecule has 2 atom stereocenters. The number of ketones is 1. The van der Waals surface area contributed by atoms with Crippen LogP contribution >= 0.6 is 0 Å². The molecule has 0 radical (unpaired) electrons. The molecule has 1 aromatic carbocycles. The van der Waals surface area contributed by atoms with Gasteiger partial charge in [-0.25, -0.2) is 0 Å². The number of rotatable bonds is 4. The fourth-order valence-electron chi connectivity index (χ4n) is 3.23. The third kappa shape index (κ3) is 3.06. The van der Waals surface area contributed by atoms with Crippen molar-refractivity contribution in [2.45, 2.75) is 59.0 Å². The summed E-state index contributed by atoms with van der Waals surface area (Å²) in [6.07, 6.45) is 3.60. The van der Waals surface area contributed by atoms with Gasteiger partial charge >= 0.3 is 0 Å². The summed E-state index contributed by atoms with van der Waals surface area (Å²) in [5, 5.41) is 0. The Kier molecular flexibility index (Phi) is 4.41. The van der Waals surface area contributed by atoms with E-state index in [1.54, 1.807) is 0 Å². The first-order chi connectivity index (χ1) is 9.02. The monoisotopic (exact) mass is 259 g/mol. The van der Waals surface area contributed by atoms with Gasteiger partial charge in [0.2, 0.25) is 0 Å². The summed E-state index contributed by atoms with van der Waals surface area (Å²) in [6.45, 7) is 9.13. The quantitative estimate of drug-likeness (QED) is 0.768. The second-order valence-corrected chi connectivity index (χ2v) is 5.90. The highest BCUT2D eigenvalue weighted by Crippen LogP contribution is 2.26. The largest absolute Gasteiger partial charge is 0.293 e. The highest BCUT2D eigenvalue weighted by atomic mass is 16.1. The summed E-state index contributed by atoms with van der Waals surface area (Å²) in [5.41, 5.74) is 3.21. The van der Waals surface area contributed by atoms with Gasteiger partial charge in [-0.15, -0.1) is 0 Å². The molecule has 0 saturated carbocycles. The Morgan fingerprint density at radius 1 is 1.32 bits per heavy atom. The lowest BCUT2D eigenvalue weighted by Crippen LogP contribution is -2.38. The Morgan fingerprint density at radius 2 is 2.05 bits per heavy atom. The molecule has 104 valence electrons. The van der Waals surface area contributed by atoms with E-state index in [9.17, 15) is 4.79 Å². The second-order valence-electron chi connectivity index (χ2n) is 5.90. The van der Waals surface area contributed by atoms with Crippen molar-refractivity contribution >= 4 is 5.78 Å². The van der Waals surface area contributed by atoms with Crippen molar-refractivity contribution in [1.82, 2.24) is 4.90 Å².